The lowest BCUT2D eigenvalue weighted by molar-refractivity contribution is 0.775. The highest BCUT2D eigenvalue weighted by molar-refractivity contribution is 9.10. The minimum Gasteiger partial charge on any atom is -0.332 e. The zero-order valence-corrected chi connectivity index (χ0v) is 19.0. The number of aromatic nitrogens is 5. The fourth-order valence-corrected chi connectivity index (χ4v) is 3.72. The molecule has 0 unspecified atom stereocenters. The molecule has 0 aliphatic heterocycles. The summed E-state index contributed by atoms with van der Waals surface area (Å²) >= 11 is 15.5. The Bertz CT molecular complexity index is 1360. The molecule has 0 saturated carbocycles. The van der Waals surface area contributed by atoms with E-state index >= 15 is 0 Å². The van der Waals surface area contributed by atoms with Crippen LogP contribution in [0.4, 0.5) is 5.95 Å². The van der Waals surface area contributed by atoms with Crippen molar-refractivity contribution in [1.82, 2.24) is 24.7 Å². The second-order valence-corrected chi connectivity index (χ2v) is 8.19. The molecule has 7 nitrogen and oxygen atoms in total. The van der Waals surface area contributed by atoms with Gasteiger partial charge in [-0.3, -0.25) is 9.89 Å². The standard InChI is InChI=1S/C20H15BrCl2N6O/c1-3-29-9-14(17(30)13-7-15(21)10(2)25-19(13)29)18-26-20(28-27-18)24-8-11-4-5-12(22)6-16(11)23/h4-9H,3H2,1-2H3,(H,26,27,28)/b24-8+. The number of nitrogens with one attached hydrogen (secondary N) is 1. The van der Waals surface area contributed by atoms with Gasteiger partial charge < -0.3 is 4.57 Å². The number of halogens is 3. The maximum atomic E-state index is 13.1. The fourth-order valence-electron chi connectivity index (χ4n) is 2.95. The van der Waals surface area contributed by atoms with Crippen LogP contribution in [-0.4, -0.2) is 30.9 Å². The molecule has 4 aromatic rings. The number of pyridine rings is 2. The van der Waals surface area contributed by atoms with Gasteiger partial charge in [-0.05, 0) is 48.0 Å². The van der Waals surface area contributed by atoms with Gasteiger partial charge in [0, 0.05) is 34.0 Å². The summed E-state index contributed by atoms with van der Waals surface area (Å²) in [6, 6.07) is 6.88. The Hall–Kier alpha value is -2.55. The van der Waals surface area contributed by atoms with Crippen molar-refractivity contribution in [2.24, 2.45) is 4.99 Å². The molecular weight excluding hydrogens is 491 g/mol. The van der Waals surface area contributed by atoms with Crippen LogP contribution in [0.3, 0.4) is 0 Å². The van der Waals surface area contributed by atoms with E-state index in [2.05, 4.69) is 41.1 Å². The first-order valence-corrected chi connectivity index (χ1v) is 10.5. The van der Waals surface area contributed by atoms with Gasteiger partial charge in [-0.2, -0.15) is 4.98 Å². The van der Waals surface area contributed by atoms with Gasteiger partial charge in [0.15, 0.2) is 5.82 Å². The average Bonchev–Trinajstić information content (AvgIpc) is 3.18. The summed E-state index contributed by atoms with van der Waals surface area (Å²) in [6.07, 6.45) is 3.27. The first-order valence-electron chi connectivity index (χ1n) is 8.99. The van der Waals surface area contributed by atoms with Crippen LogP contribution in [0.25, 0.3) is 22.4 Å². The van der Waals surface area contributed by atoms with Gasteiger partial charge >= 0.3 is 0 Å². The summed E-state index contributed by atoms with van der Waals surface area (Å²) in [6.45, 7) is 4.51. The number of aliphatic imine (C=N–C) groups is 1. The van der Waals surface area contributed by atoms with Crippen molar-refractivity contribution in [3.05, 3.63) is 66.5 Å². The first kappa shape index (κ1) is 20.7. The van der Waals surface area contributed by atoms with Crippen LogP contribution in [0.1, 0.15) is 18.2 Å². The van der Waals surface area contributed by atoms with Crippen molar-refractivity contribution in [2.45, 2.75) is 20.4 Å². The van der Waals surface area contributed by atoms with E-state index in [-0.39, 0.29) is 11.4 Å². The van der Waals surface area contributed by atoms with E-state index < -0.39 is 0 Å². The lowest BCUT2D eigenvalue weighted by Crippen LogP contribution is -2.14. The normalized spacial score (nSPS) is 11.6. The van der Waals surface area contributed by atoms with E-state index in [9.17, 15) is 4.79 Å². The van der Waals surface area contributed by atoms with Crippen LogP contribution in [0, 0.1) is 6.92 Å². The predicted octanol–water partition coefficient (Wildman–Crippen LogP) is 5.33. The number of nitrogens with zero attached hydrogens (tertiary/aromatic N) is 5. The van der Waals surface area contributed by atoms with Crippen LogP contribution >= 0.6 is 39.1 Å². The molecular formula is C20H15BrCl2N6O. The number of hydrogen-bond acceptors (Lipinski definition) is 5. The SMILES string of the molecule is CCn1cc(-c2nc(/N=C/c3ccc(Cl)cc3Cl)n[nH]2)c(=O)c2cc(Br)c(C)nc21. The number of hydrogen-bond donors (Lipinski definition) is 1. The van der Waals surface area contributed by atoms with Crippen molar-refractivity contribution in [3.63, 3.8) is 0 Å². The van der Waals surface area contributed by atoms with Crippen molar-refractivity contribution < 1.29 is 0 Å². The highest BCUT2D eigenvalue weighted by Crippen LogP contribution is 2.23. The smallest absolute Gasteiger partial charge is 0.268 e. The van der Waals surface area contributed by atoms with Crippen molar-refractivity contribution in [2.75, 3.05) is 0 Å². The van der Waals surface area contributed by atoms with Crippen molar-refractivity contribution in [1.29, 1.82) is 0 Å². The monoisotopic (exact) mass is 504 g/mol. The molecule has 30 heavy (non-hydrogen) atoms. The summed E-state index contributed by atoms with van der Waals surface area (Å²) in [5, 5.41) is 8.39. The number of aromatic amines is 1. The molecule has 1 aromatic carbocycles. The topological polar surface area (TPSA) is 88.8 Å². The zero-order valence-electron chi connectivity index (χ0n) is 15.9. The third kappa shape index (κ3) is 3.90. The second-order valence-electron chi connectivity index (χ2n) is 6.49. The summed E-state index contributed by atoms with van der Waals surface area (Å²) in [5.74, 6) is 0.511. The van der Waals surface area contributed by atoms with Gasteiger partial charge in [-0.25, -0.2) is 9.98 Å². The minimum atomic E-state index is -0.185. The number of rotatable bonds is 4. The van der Waals surface area contributed by atoms with Gasteiger partial charge in [0.1, 0.15) is 5.65 Å². The Labute approximate surface area is 189 Å². The number of aryl methyl sites for hydroxylation is 2. The van der Waals surface area contributed by atoms with Crippen LogP contribution in [0.5, 0.6) is 0 Å². The van der Waals surface area contributed by atoms with Gasteiger partial charge in [0.25, 0.3) is 5.95 Å². The van der Waals surface area contributed by atoms with E-state index in [0.717, 1.165) is 10.2 Å². The molecule has 152 valence electrons. The molecule has 3 aromatic heterocycles. The van der Waals surface area contributed by atoms with Crippen molar-refractivity contribution >= 4 is 62.3 Å². The Morgan fingerprint density at radius 1 is 1.27 bits per heavy atom. The predicted molar refractivity (Wildman–Crippen MR) is 123 cm³/mol. The van der Waals surface area contributed by atoms with E-state index in [0.29, 0.717) is 44.6 Å². The quantitative estimate of drug-likeness (QED) is 0.379. The Balaban J connectivity index is 1.76. The summed E-state index contributed by atoms with van der Waals surface area (Å²) in [5.41, 5.74) is 2.32. The Morgan fingerprint density at radius 2 is 2.07 bits per heavy atom. The van der Waals surface area contributed by atoms with Gasteiger partial charge in [-0.1, -0.05) is 29.3 Å². The molecule has 0 atom stereocenters. The molecule has 0 spiro atoms. The van der Waals surface area contributed by atoms with Crippen LogP contribution in [0.15, 0.2) is 44.7 Å². The molecule has 0 radical (unpaired) electrons. The van der Waals surface area contributed by atoms with E-state index in [1.807, 2.05) is 18.4 Å². The van der Waals surface area contributed by atoms with E-state index in [4.69, 9.17) is 23.2 Å². The highest BCUT2D eigenvalue weighted by Gasteiger charge is 2.16. The zero-order chi connectivity index (χ0) is 21.4. The largest absolute Gasteiger partial charge is 0.332 e. The van der Waals surface area contributed by atoms with Gasteiger partial charge in [-0.15, -0.1) is 5.10 Å². The molecule has 0 amide bonds. The van der Waals surface area contributed by atoms with Gasteiger partial charge in [0.2, 0.25) is 5.43 Å². The van der Waals surface area contributed by atoms with Crippen molar-refractivity contribution in [3.8, 4) is 11.4 Å². The fraction of sp³-hybridized carbons (Fsp3) is 0.150. The molecule has 0 aliphatic carbocycles. The average molecular weight is 506 g/mol. The molecule has 3 heterocycles. The lowest BCUT2D eigenvalue weighted by atomic mass is 10.1. The maximum absolute atomic E-state index is 13.1. The molecule has 4 rings (SSSR count). The molecule has 1 N–H and O–H groups in total. The van der Waals surface area contributed by atoms with E-state index in [1.54, 1.807) is 36.7 Å². The lowest BCUT2D eigenvalue weighted by Gasteiger charge is -2.11. The first-order chi connectivity index (χ1) is 14.4. The Morgan fingerprint density at radius 3 is 2.80 bits per heavy atom. The summed E-state index contributed by atoms with van der Waals surface area (Å²) in [4.78, 5) is 26.2. The molecule has 0 saturated heterocycles. The third-order valence-electron chi connectivity index (χ3n) is 4.53. The van der Waals surface area contributed by atoms with Gasteiger partial charge in [0.05, 0.1) is 21.7 Å². The molecule has 0 fully saturated rings. The second kappa shape index (κ2) is 8.29. The maximum Gasteiger partial charge on any atom is 0.268 e. The van der Waals surface area contributed by atoms with Crippen LogP contribution < -0.4 is 5.43 Å². The highest BCUT2D eigenvalue weighted by atomic mass is 79.9. The van der Waals surface area contributed by atoms with E-state index in [1.165, 1.54) is 0 Å². The minimum absolute atomic E-state index is 0.182. The van der Waals surface area contributed by atoms with Crippen LogP contribution in [-0.2, 0) is 6.54 Å². The third-order valence-corrected chi connectivity index (χ3v) is 5.89. The van der Waals surface area contributed by atoms with Crippen LogP contribution in [0.2, 0.25) is 10.0 Å². The Kier molecular flexibility index (Phi) is 5.73. The molecule has 10 heteroatoms. The summed E-state index contributed by atoms with van der Waals surface area (Å²) in [7, 11) is 0. The molecule has 0 aliphatic rings. The number of fused-ring (bicyclic) bond motifs is 1. The number of benzene rings is 1. The summed E-state index contributed by atoms with van der Waals surface area (Å²) < 4.78 is 2.68. The number of H-pyrrole nitrogens is 1. The molecule has 0 bridgehead atoms.